The summed E-state index contributed by atoms with van der Waals surface area (Å²) in [5.41, 5.74) is 10.6. The van der Waals surface area contributed by atoms with Crippen molar-refractivity contribution in [3.8, 4) is 11.5 Å². The van der Waals surface area contributed by atoms with Crippen molar-refractivity contribution in [2.24, 2.45) is 5.73 Å². The van der Waals surface area contributed by atoms with Crippen molar-refractivity contribution >= 4 is 0 Å². The highest BCUT2D eigenvalue weighted by molar-refractivity contribution is 5.44. The smallest absolute Gasteiger partial charge is 0.130 e. The monoisotopic (exact) mass is 255 g/mol. The molecule has 2 heteroatoms. The lowest BCUT2D eigenvalue weighted by molar-refractivity contribution is 0.477. The predicted octanol–water partition coefficient (Wildman–Crippen LogP) is 4.42. The van der Waals surface area contributed by atoms with Crippen LogP contribution in [-0.2, 0) is 0 Å². The van der Waals surface area contributed by atoms with Crippen LogP contribution in [0.5, 0.6) is 11.5 Å². The molecule has 0 radical (unpaired) electrons. The lowest BCUT2D eigenvalue weighted by Gasteiger charge is -2.13. The Morgan fingerprint density at radius 3 is 2.21 bits per heavy atom. The summed E-state index contributed by atoms with van der Waals surface area (Å²) in [5.74, 6) is 1.77. The quantitative estimate of drug-likeness (QED) is 0.881. The van der Waals surface area contributed by atoms with Gasteiger partial charge in [-0.25, -0.2) is 0 Å². The summed E-state index contributed by atoms with van der Waals surface area (Å²) in [7, 11) is 0. The number of nitrogens with two attached hydrogens (primary N) is 1. The molecule has 2 N–H and O–H groups in total. The number of ether oxygens (including phenoxy) is 1. The molecule has 0 spiro atoms. The van der Waals surface area contributed by atoms with Gasteiger partial charge in [0.15, 0.2) is 0 Å². The van der Waals surface area contributed by atoms with Gasteiger partial charge in [-0.05, 0) is 68.1 Å². The standard InChI is InChI=1S/C17H21NO/c1-11-9-12(2)13(3)17(10-11)19-16-7-5-15(6-8-16)14(4)18/h5-10,14H,18H2,1-4H3/t14-/m0/s1. The number of rotatable bonds is 3. The summed E-state index contributed by atoms with van der Waals surface area (Å²) in [6, 6.07) is 12.3. The molecule has 2 aromatic carbocycles. The molecular formula is C17H21NO. The van der Waals surface area contributed by atoms with Gasteiger partial charge in [-0.1, -0.05) is 18.2 Å². The van der Waals surface area contributed by atoms with E-state index in [9.17, 15) is 0 Å². The molecule has 0 aliphatic heterocycles. The molecule has 2 aromatic rings. The average molecular weight is 255 g/mol. The zero-order valence-corrected chi connectivity index (χ0v) is 12.0. The number of benzene rings is 2. The van der Waals surface area contributed by atoms with Gasteiger partial charge in [-0.15, -0.1) is 0 Å². The Labute approximate surface area is 115 Å². The Hall–Kier alpha value is -1.80. The Kier molecular flexibility index (Phi) is 3.91. The van der Waals surface area contributed by atoms with E-state index in [-0.39, 0.29) is 6.04 Å². The third-order valence-electron chi connectivity index (χ3n) is 3.40. The summed E-state index contributed by atoms with van der Waals surface area (Å²) in [6.45, 7) is 8.25. The first-order chi connectivity index (χ1) is 8.97. The third kappa shape index (κ3) is 3.15. The van der Waals surface area contributed by atoms with Crippen LogP contribution in [0.3, 0.4) is 0 Å². The van der Waals surface area contributed by atoms with E-state index in [1.54, 1.807) is 0 Å². The van der Waals surface area contributed by atoms with Crippen LogP contribution < -0.4 is 10.5 Å². The number of aryl methyl sites for hydroxylation is 2. The van der Waals surface area contributed by atoms with Gasteiger partial charge in [-0.3, -0.25) is 0 Å². The summed E-state index contributed by atoms with van der Waals surface area (Å²) >= 11 is 0. The summed E-state index contributed by atoms with van der Waals surface area (Å²) in [5, 5.41) is 0. The highest BCUT2D eigenvalue weighted by atomic mass is 16.5. The van der Waals surface area contributed by atoms with Gasteiger partial charge < -0.3 is 10.5 Å². The Morgan fingerprint density at radius 2 is 1.63 bits per heavy atom. The maximum atomic E-state index is 5.96. The zero-order chi connectivity index (χ0) is 14.0. The molecule has 0 aliphatic carbocycles. The van der Waals surface area contributed by atoms with E-state index in [2.05, 4.69) is 32.9 Å². The van der Waals surface area contributed by atoms with Gasteiger partial charge >= 0.3 is 0 Å². The van der Waals surface area contributed by atoms with Crippen molar-refractivity contribution in [3.63, 3.8) is 0 Å². The molecular weight excluding hydrogens is 234 g/mol. The Morgan fingerprint density at radius 1 is 1.00 bits per heavy atom. The molecule has 19 heavy (non-hydrogen) atoms. The fraction of sp³-hybridized carbons (Fsp3) is 0.294. The van der Waals surface area contributed by atoms with Crippen LogP contribution in [0.15, 0.2) is 36.4 Å². The molecule has 2 rings (SSSR count). The van der Waals surface area contributed by atoms with Gasteiger partial charge in [0.05, 0.1) is 0 Å². The average Bonchev–Trinajstić information content (AvgIpc) is 2.36. The fourth-order valence-corrected chi connectivity index (χ4v) is 2.07. The first kappa shape index (κ1) is 13.6. The molecule has 0 unspecified atom stereocenters. The normalized spacial score (nSPS) is 12.3. The van der Waals surface area contributed by atoms with Crippen molar-refractivity contribution in [2.45, 2.75) is 33.7 Å². The highest BCUT2D eigenvalue weighted by Crippen LogP contribution is 2.29. The van der Waals surface area contributed by atoms with Gasteiger partial charge in [0.25, 0.3) is 0 Å². The highest BCUT2D eigenvalue weighted by Gasteiger charge is 2.06. The van der Waals surface area contributed by atoms with E-state index < -0.39 is 0 Å². The number of hydrogen-bond acceptors (Lipinski definition) is 2. The van der Waals surface area contributed by atoms with Crippen LogP contribution in [0.4, 0.5) is 0 Å². The van der Waals surface area contributed by atoms with Gasteiger partial charge in [0.2, 0.25) is 0 Å². The van der Waals surface area contributed by atoms with E-state index >= 15 is 0 Å². The van der Waals surface area contributed by atoms with Crippen LogP contribution in [0.25, 0.3) is 0 Å². The van der Waals surface area contributed by atoms with Crippen molar-refractivity contribution in [1.82, 2.24) is 0 Å². The molecule has 0 amide bonds. The Balaban J connectivity index is 2.26. The molecule has 0 saturated heterocycles. The molecule has 1 atom stereocenters. The third-order valence-corrected chi connectivity index (χ3v) is 3.40. The second kappa shape index (κ2) is 5.45. The van der Waals surface area contributed by atoms with Crippen LogP contribution in [0.2, 0.25) is 0 Å². The zero-order valence-electron chi connectivity index (χ0n) is 12.0. The van der Waals surface area contributed by atoms with E-state index in [1.807, 2.05) is 31.2 Å². The molecule has 2 nitrogen and oxygen atoms in total. The van der Waals surface area contributed by atoms with Crippen molar-refractivity contribution in [1.29, 1.82) is 0 Å². The molecule has 100 valence electrons. The van der Waals surface area contributed by atoms with Crippen LogP contribution in [0, 0.1) is 20.8 Å². The van der Waals surface area contributed by atoms with E-state index in [0.717, 1.165) is 17.1 Å². The first-order valence-corrected chi connectivity index (χ1v) is 6.58. The maximum absolute atomic E-state index is 5.96. The maximum Gasteiger partial charge on any atom is 0.130 e. The second-order valence-corrected chi connectivity index (χ2v) is 5.16. The molecule has 0 fully saturated rings. The molecule has 0 heterocycles. The molecule has 0 aliphatic rings. The molecule has 0 saturated carbocycles. The Bertz CT molecular complexity index is 571. The lowest BCUT2D eigenvalue weighted by Crippen LogP contribution is -2.04. The minimum Gasteiger partial charge on any atom is -0.457 e. The van der Waals surface area contributed by atoms with Crippen molar-refractivity contribution in [3.05, 3.63) is 58.7 Å². The minimum atomic E-state index is 0.0528. The summed E-state index contributed by atoms with van der Waals surface area (Å²) in [6.07, 6.45) is 0. The molecule has 0 bridgehead atoms. The van der Waals surface area contributed by atoms with E-state index in [1.165, 1.54) is 16.7 Å². The van der Waals surface area contributed by atoms with E-state index in [4.69, 9.17) is 10.5 Å². The summed E-state index contributed by atoms with van der Waals surface area (Å²) in [4.78, 5) is 0. The lowest BCUT2D eigenvalue weighted by atomic mass is 10.1. The molecule has 0 aromatic heterocycles. The number of hydrogen-bond donors (Lipinski definition) is 1. The largest absolute Gasteiger partial charge is 0.457 e. The predicted molar refractivity (Wildman–Crippen MR) is 79.8 cm³/mol. The second-order valence-electron chi connectivity index (χ2n) is 5.16. The SMILES string of the molecule is Cc1cc(C)c(C)c(Oc2ccc([C@H](C)N)cc2)c1. The van der Waals surface area contributed by atoms with E-state index in [0.29, 0.717) is 0 Å². The topological polar surface area (TPSA) is 35.2 Å². The van der Waals surface area contributed by atoms with Gasteiger partial charge in [-0.2, -0.15) is 0 Å². The van der Waals surface area contributed by atoms with Crippen molar-refractivity contribution < 1.29 is 4.74 Å². The summed E-state index contributed by atoms with van der Waals surface area (Å²) < 4.78 is 5.96. The van der Waals surface area contributed by atoms with Gasteiger partial charge in [0, 0.05) is 6.04 Å². The van der Waals surface area contributed by atoms with Gasteiger partial charge in [0.1, 0.15) is 11.5 Å². The van der Waals surface area contributed by atoms with Crippen LogP contribution >= 0.6 is 0 Å². The minimum absolute atomic E-state index is 0.0528. The van der Waals surface area contributed by atoms with Crippen LogP contribution in [-0.4, -0.2) is 0 Å². The fourth-order valence-electron chi connectivity index (χ4n) is 2.07. The van der Waals surface area contributed by atoms with Crippen LogP contribution in [0.1, 0.15) is 35.2 Å². The first-order valence-electron chi connectivity index (χ1n) is 6.58. The van der Waals surface area contributed by atoms with Crippen molar-refractivity contribution in [2.75, 3.05) is 0 Å².